The molecule has 4 nitrogen and oxygen atoms in total. The van der Waals surface area contributed by atoms with Crippen LogP contribution >= 0.6 is 0 Å². The zero-order valence-corrected chi connectivity index (χ0v) is 14.0. The molecule has 2 aliphatic carbocycles. The Hall–Kier alpha value is -0.610. The average molecular weight is 307 g/mol. The van der Waals surface area contributed by atoms with E-state index in [2.05, 4.69) is 9.80 Å². The van der Waals surface area contributed by atoms with Crippen LogP contribution < -0.4 is 5.73 Å². The van der Waals surface area contributed by atoms with Crippen LogP contribution in [0.5, 0.6) is 0 Å². The van der Waals surface area contributed by atoms with E-state index in [4.69, 9.17) is 5.73 Å². The lowest BCUT2D eigenvalue weighted by atomic mass is 9.89. The molecule has 0 aromatic rings. The van der Waals surface area contributed by atoms with Gasteiger partial charge in [-0.3, -0.25) is 4.79 Å². The van der Waals surface area contributed by atoms with E-state index in [1.165, 1.54) is 45.2 Å². The highest BCUT2D eigenvalue weighted by Crippen LogP contribution is 2.27. The van der Waals surface area contributed by atoms with Gasteiger partial charge < -0.3 is 15.5 Å². The summed E-state index contributed by atoms with van der Waals surface area (Å²) in [6.07, 6.45) is 11.2. The number of nitrogens with zero attached hydrogens (tertiary/aromatic N) is 2. The summed E-state index contributed by atoms with van der Waals surface area (Å²) in [6, 6.07) is 0.253. The Kier molecular flexibility index (Phi) is 5.75. The standard InChI is InChI=1S/C18H33N3O/c19-17-8-7-16(13-17)18(22)21-10-4-9-20(11-12-21)14-15-5-2-1-3-6-15/h15-17H,1-14,19H2. The summed E-state index contributed by atoms with van der Waals surface area (Å²) in [4.78, 5) is 17.4. The van der Waals surface area contributed by atoms with Crippen LogP contribution in [0.4, 0.5) is 0 Å². The zero-order valence-electron chi connectivity index (χ0n) is 14.0. The Balaban J connectivity index is 1.46. The molecule has 0 spiro atoms. The summed E-state index contributed by atoms with van der Waals surface area (Å²) in [5.41, 5.74) is 5.97. The highest BCUT2D eigenvalue weighted by atomic mass is 16.2. The van der Waals surface area contributed by atoms with Crippen LogP contribution in [-0.2, 0) is 4.79 Å². The molecular formula is C18H33N3O. The SMILES string of the molecule is NC1CCC(C(=O)N2CCCN(CC3CCCCC3)CC2)C1. The van der Waals surface area contributed by atoms with Crippen LogP contribution in [-0.4, -0.2) is 54.5 Å². The molecule has 1 amide bonds. The molecule has 2 saturated carbocycles. The van der Waals surface area contributed by atoms with Gasteiger partial charge in [-0.1, -0.05) is 19.3 Å². The molecule has 2 N–H and O–H groups in total. The maximum Gasteiger partial charge on any atom is 0.225 e. The first-order valence-corrected chi connectivity index (χ1v) is 9.49. The van der Waals surface area contributed by atoms with Gasteiger partial charge in [0.2, 0.25) is 5.91 Å². The van der Waals surface area contributed by atoms with Gasteiger partial charge in [-0.05, 0) is 51.0 Å². The summed E-state index contributed by atoms with van der Waals surface area (Å²) in [5.74, 6) is 1.50. The highest BCUT2D eigenvalue weighted by Gasteiger charge is 2.31. The molecule has 0 aromatic carbocycles. The van der Waals surface area contributed by atoms with E-state index >= 15 is 0 Å². The van der Waals surface area contributed by atoms with Crippen LogP contribution in [0.1, 0.15) is 57.8 Å². The number of hydrogen-bond acceptors (Lipinski definition) is 3. The maximum absolute atomic E-state index is 12.6. The Morgan fingerprint density at radius 2 is 1.73 bits per heavy atom. The van der Waals surface area contributed by atoms with Gasteiger partial charge >= 0.3 is 0 Å². The van der Waals surface area contributed by atoms with Gasteiger partial charge in [0.15, 0.2) is 0 Å². The van der Waals surface area contributed by atoms with Crippen molar-refractivity contribution in [3.8, 4) is 0 Å². The highest BCUT2D eigenvalue weighted by molar-refractivity contribution is 5.79. The minimum absolute atomic E-state index is 0.208. The fourth-order valence-electron chi connectivity index (χ4n) is 4.61. The van der Waals surface area contributed by atoms with Crippen molar-refractivity contribution in [2.45, 2.75) is 63.8 Å². The van der Waals surface area contributed by atoms with E-state index < -0.39 is 0 Å². The summed E-state index contributed by atoms with van der Waals surface area (Å²) in [7, 11) is 0. The number of carbonyl (C=O) groups is 1. The first-order valence-electron chi connectivity index (χ1n) is 9.49. The van der Waals surface area contributed by atoms with Crippen LogP contribution in [0.2, 0.25) is 0 Å². The van der Waals surface area contributed by atoms with Crippen LogP contribution in [0, 0.1) is 11.8 Å². The zero-order chi connectivity index (χ0) is 15.4. The molecule has 3 aliphatic rings. The van der Waals surface area contributed by atoms with Crippen molar-refractivity contribution in [2.75, 3.05) is 32.7 Å². The van der Waals surface area contributed by atoms with Crippen LogP contribution in [0.3, 0.4) is 0 Å². The molecule has 1 heterocycles. The largest absolute Gasteiger partial charge is 0.341 e. The molecule has 0 radical (unpaired) electrons. The monoisotopic (exact) mass is 307 g/mol. The van der Waals surface area contributed by atoms with E-state index in [1.54, 1.807) is 0 Å². The van der Waals surface area contributed by atoms with E-state index in [1.807, 2.05) is 0 Å². The van der Waals surface area contributed by atoms with Gasteiger partial charge in [0.1, 0.15) is 0 Å². The third kappa shape index (κ3) is 4.23. The Morgan fingerprint density at radius 3 is 2.45 bits per heavy atom. The summed E-state index contributed by atoms with van der Waals surface area (Å²) < 4.78 is 0. The lowest BCUT2D eigenvalue weighted by molar-refractivity contribution is -0.135. The predicted molar refractivity (Wildman–Crippen MR) is 89.5 cm³/mol. The first kappa shape index (κ1) is 16.3. The second-order valence-corrected chi connectivity index (χ2v) is 7.75. The fourth-order valence-corrected chi connectivity index (χ4v) is 4.61. The average Bonchev–Trinajstić information content (AvgIpc) is 2.83. The van der Waals surface area contributed by atoms with Crippen molar-refractivity contribution < 1.29 is 4.79 Å². The molecule has 22 heavy (non-hydrogen) atoms. The van der Waals surface area contributed by atoms with Gasteiger partial charge in [0.25, 0.3) is 0 Å². The first-order chi connectivity index (χ1) is 10.7. The Morgan fingerprint density at radius 1 is 0.909 bits per heavy atom. The molecule has 0 aromatic heterocycles. The van der Waals surface area contributed by atoms with Crippen molar-refractivity contribution in [1.82, 2.24) is 9.80 Å². The van der Waals surface area contributed by atoms with Gasteiger partial charge in [-0.25, -0.2) is 0 Å². The lowest BCUT2D eigenvalue weighted by Crippen LogP contribution is -2.39. The van der Waals surface area contributed by atoms with Crippen molar-refractivity contribution in [2.24, 2.45) is 17.6 Å². The van der Waals surface area contributed by atoms with Crippen molar-refractivity contribution >= 4 is 5.91 Å². The summed E-state index contributed by atoms with van der Waals surface area (Å²) in [5, 5.41) is 0. The van der Waals surface area contributed by atoms with Crippen LogP contribution in [0.25, 0.3) is 0 Å². The number of nitrogens with two attached hydrogens (primary N) is 1. The van der Waals surface area contributed by atoms with Crippen LogP contribution in [0.15, 0.2) is 0 Å². The maximum atomic E-state index is 12.6. The molecule has 2 atom stereocenters. The van der Waals surface area contributed by atoms with E-state index in [0.717, 1.165) is 51.2 Å². The van der Waals surface area contributed by atoms with Gasteiger partial charge in [-0.15, -0.1) is 0 Å². The molecule has 1 aliphatic heterocycles. The lowest BCUT2D eigenvalue weighted by Gasteiger charge is -2.29. The van der Waals surface area contributed by atoms with Crippen molar-refractivity contribution in [1.29, 1.82) is 0 Å². The second-order valence-electron chi connectivity index (χ2n) is 7.75. The topological polar surface area (TPSA) is 49.6 Å². The Labute approximate surface area is 135 Å². The number of amides is 1. The third-order valence-electron chi connectivity index (χ3n) is 5.96. The molecule has 0 bridgehead atoms. The van der Waals surface area contributed by atoms with Gasteiger partial charge in [0, 0.05) is 38.1 Å². The molecular weight excluding hydrogens is 274 g/mol. The fraction of sp³-hybridized carbons (Fsp3) is 0.944. The third-order valence-corrected chi connectivity index (χ3v) is 5.96. The number of carbonyl (C=O) groups excluding carboxylic acids is 1. The molecule has 1 saturated heterocycles. The molecule has 3 fully saturated rings. The van der Waals surface area contributed by atoms with Crippen molar-refractivity contribution in [3.63, 3.8) is 0 Å². The van der Waals surface area contributed by atoms with Gasteiger partial charge in [0.05, 0.1) is 0 Å². The molecule has 2 unspecified atom stereocenters. The summed E-state index contributed by atoms with van der Waals surface area (Å²) in [6.45, 7) is 5.38. The van der Waals surface area contributed by atoms with E-state index in [-0.39, 0.29) is 12.0 Å². The van der Waals surface area contributed by atoms with E-state index in [0.29, 0.717) is 5.91 Å². The van der Waals surface area contributed by atoms with Crippen molar-refractivity contribution in [3.05, 3.63) is 0 Å². The quantitative estimate of drug-likeness (QED) is 0.870. The van der Waals surface area contributed by atoms with E-state index in [9.17, 15) is 4.79 Å². The smallest absolute Gasteiger partial charge is 0.225 e. The number of rotatable bonds is 3. The minimum atomic E-state index is 0.208. The normalized spacial score (nSPS) is 32.1. The number of hydrogen-bond donors (Lipinski definition) is 1. The van der Waals surface area contributed by atoms with Gasteiger partial charge in [-0.2, -0.15) is 0 Å². The molecule has 4 heteroatoms. The minimum Gasteiger partial charge on any atom is -0.341 e. The molecule has 3 rings (SSSR count). The second kappa shape index (κ2) is 7.78. The summed E-state index contributed by atoms with van der Waals surface area (Å²) >= 11 is 0. The Bertz CT molecular complexity index is 367. The molecule has 126 valence electrons. The predicted octanol–water partition coefficient (Wildman–Crippen LogP) is 2.23.